The van der Waals surface area contributed by atoms with Gasteiger partial charge in [-0.05, 0) is 55.7 Å². The minimum atomic E-state index is -4.26. The number of alkyl halides is 3. The van der Waals surface area contributed by atoms with Crippen molar-refractivity contribution < 1.29 is 17.9 Å². The van der Waals surface area contributed by atoms with Crippen LogP contribution in [0.25, 0.3) is 0 Å². The minimum Gasteiger partial charge on any atom is -0.499 e. The standard InChI is InChI=1S/C18H23F3O/c1-3-22-13(2)11-14-5-4-6-16(12-14)15-7-9-17(10-8-15)18(19,20)21/h7-10,14,16H,2-6,11-12H2,1H3/t14-,16-/m0/s1. The zero-order valence-electron chi connectivity index (χ0n) is 13.0. The van der Waals surface area contributed by atoms with E-state index < -0.39 is 11.7 Å². The summed E-state index contributed by atoms with van der Waals surface area (Å²) in [5.74, 6) is 1.68. The van der Waals surface area contributed by atoms with Crippen LogP contribution in [-0.2, 0) is 10.9 Å². The molecule has 0 amide bonds. The Labute approximate surface area is 130 Å². The van der Waals surface area contributed by atoms with Crippen molar-refractivity contribution in [2.75, 3.05) is 6.61 Å². The molecule has 22 heavy (non-hydrogen) atoms. The lowest BCUT2D eigenvalue weighted by molar-refractivity contribution is -0.137. The molecule has 0 heterocycles. The van der Waals surface area contributed by atoms with Gasteiger partial charge in [-0.15, -0.1) is 0 Å². The molecule has 122 valence electrons. The average Bonchev–Trinajstić information content (AvgIpc) is 2.47. The summed E-state index contributed by atoms with van der Waals surface area (Å²) >= 11 is 0. The Bertz CT molecular complexity index is 490. The average molecular weight is 312 g/mol. The SMILES string of the molecule is C=C(C[C@@H]1CCC[C@H](c2ccc(C(F)(F)F)cc2)C1)OCC. The molecule has 2 rings (SSSR count). The van der Waals surface area contributed by atoms with Crippen LogP contribution in [0.5, 0.6) is 0 Å². The lowest BCUT2D eigenvalue weighted by atomic mass is 9.76. The molecule has 1 fully saturated rings. The van der Waals surface area contributed by atoms with E-state index >= 15 is 0 Å². The van der Waals surface area contributed by atoms with Crippen molar-refractivity contribution in [3.63, 3.8) is 0 Å². The van der Waals surface area contributed by atoms with Gasteiger partial charge in [0.1, 0.15) is 0 Å². The Balaban J connectivity index is 1.98. The van der Waals surface area contributed by atoms with Crippen LogP contribution in [0, 0.1) is 5.92 Å². The van der Waals surface area contributed by atoms with Crippen molar-refractivity contribution in [1.29, 1.82) is 0 Å². The predicted octanol–water partition coefficient (Wildman–Crippen LogP) is 5.92. The van der Waals surface area contributed by atoms with Crippen molar-refractivity contribution in [3.8, 4) is 0 Å². The molecule has 1 aliphatic rings. The number of hydrogen-bond acceptors (Lipinski definition) is 1. The maximum Gasteiger partial charge on any atom is 0.416 e. The van der Waals surface area contributed by atoms with Gasteiger partial charge in [0, 0.05) is 6.42 Å². The third-order valence-corrected chi connectivity index (χ3v) is 4.36. The summed E-state index contributed by atoms with van der Waals surface area (Å²) in [5, 5.41) is 0. The second kappa shape index (κ2) is 7.21. The molecular weight excluding hydrogens is 289 g/mol. The second-order valence-corrected chi connectivity index (χ2v) is 6.03. The van der Waals surface area contributed by atoms with E-state index in [-0.39, 0.29) is 0 Å². The van der Waals surface area contributed by atoms with E-state index in [1.807, 2.05) is 6.92 Å². The molecule has 0 radical (unpaired) electrons. The van der Waals surface area contributed by atoms with Crippen LogP contribution in [0.3, 0.4) is 0 Å². The maximum atomic E-state index is 12.6. The monoisotopic (exact) mass is 312 g/mol. The first kappa shape index (κ1) is 16.9. The smallest absolute Gasteiger partial charge is 0.416 e. The van der Waals surface area contributed by atoms with Crippen LogP contribution < -0.4 is 0 Å². The van der Waals surface area contributed by atoms with Crippen LogP contribution in [0.4, 0.5) is 13.2 Å². The van der Waals surface area contributed by atoms with Gasteiger partial charge >= 0.3 is 6.18 Å². The van der Waals surface area contributed by atoms with Gasteiger partial charge in [0.15, 0.2) is 0 Å². The van der Waals surface area contributed by atoms with Gasteiger partial charge in [0.2, 0.25) is 0 Å². The van der Waals surface area contributed by atoms with Crippen LogP contribution in [-0.4, -0.2) is 6.61 Å². The van der Waals surface area contributed by atoms with E-state index in [9.17, 15) is 13.2 Å². The van der Waals surface area contributed by atoms with Crippen LogP contribution in [0.1, 0.15) is 56.1 Å². The summed E-state index contributed by atoms with van der Waals surface area (Å²) in [5.41, 5.74) is 0.438. The van der Waals surface area contributed by atoms with Gasteiger partial charge in [-0.25, -0.2) is 0 Å². The zero-order chi connectivity index (χ0) is 16.2. The molecule has 0 aromatic heterocycles. The van der Waals surface area contributed by atoms with E-state index in [2.05, 4.69) is 6.58 Å². The van der Waals surface area contributed by atoms with Crippen LogP contribution in [0.15, 0.2) is 36.6 Å². The van der Waals surface area contributed by atoms with Crippen LogP contribution in [0.2, 0.25) is 0 Å². The molecule has 0 saturated heterocycles. The third kappa shape index (κ3) is 4.52. The van der Waals surface area contributed by atoms with Gasteiger partial charge in [0.05, 0.1) is 17.9 Å². The largest absolute Gasteiger partial charge is 0.499 e. The van der Waals surface area contributed by atoms with Crippen LogP contribution >= 0.6 is 0 Å². The molecule has 0 bridgehead atoms. The van der Waals surface area contributed by atoms with E-state index in [0.717, 1.165) is 43.4 Å². The molecule has 0 spiro atoms. The summed E-state index contributed by atoms with van der Waals surface area (Å²) in [7, 11) is 0. The van der Waals surface area contributed by atoms with Crippen molar-refractivity contribution in [1.82, 2.24) is 0 Å². The first-order chi connectivity index (χ1) is 10.4. The fourth-order valence-corrected chi connectivity index (χ4v) is 3.31. The first-order valence-corrected chi connectivity index (χ1v) is 7.88. The first-order valence-electron chi connectivity index (χ1n) is 7.88. The van der Waals surface area contributed by atoms with E-state index in [1.165, 1.54) is 12.1 Å². The van der Waals surface area contributed by atoms with E-state index in [1.54, 1.807) is 12.1 Å². The molecule has 4 heteroatoms. The highest BCUT2D eigenvalue weighted by molar-refractivity contribution is 5.27. The Morgan fingerprint density at radius 2 is 1.91 bits per heavy atom. The molecule has 1 aromatic carbocycles. The number of rotatable bonds is 5. The number of hydrogen-bond donors (Lipinski definition) is 0. The van der Waals surface area contributed by atoms with Crippen molar-refractivity contribution in [3.05, 3.63) is 47.7 Å². The molecule has 0 N–H and O–H groups in total. The van der Waals surface area contributed by atoms with Gasteiger partial charge in [-0.2, -0.15) is 13.2 Å². The highest BCUT2D eigenvalue weighted by atomic mass is 19.4. The second-order valence-electron chi connectivity index (χ2n) is 6.03. The fraction of sp³-hybridized carbons (Fsp3) is 0.556. The summed E-state index contributed by atoms with van der Waals surface area (Å²) in [4.78, 5) is 0. The molecule has 0 unspecified atom stereocenters. The predicted molar refractivity (Wildman–Crippen MR) is 81.5 cm³/mol. The van der Waals surface area contributed by atoms with Gasteiger partial charge in [-0.1, -0.05) is 25.1 Å². The summed E-state index contributed by atoms with van der Waals surface area (Å²) in [6, 6.07) is 5.65. The minimum absolute atomic E-state index is 0.343. The zero-order valence-corrected chi connectivity index (χ0v) is 13.0. The molecule has 1 aliphatic carbocycles. The van der Waals surface area contributed by atoms with Crippen molar-refractivity contribution in [2.45, 2.75) is 51.1 Å². The molecule has 0 aliphatic heterocycles. The maximum absolute atomic E-state index is 12.6. The highest BCUT2D eigenvalue weighted by Gasteiger charge is 2.31. The summed E-state index contributed by atoms with van der Waals surface area (Å²) in [6.07, 6.45) is 0.882. The molecule has 2 atom stereocenters. The lowest BCUT2D eigenvalue weighted by Crippen LogP contribution is -2.15. The number of halogens is 3. The lowest BCUT2D eigenvalue weighted by Gasteiger charge is -2.30. The molecular formula is C18H23F3O. The Morgan fingerprint density at radius 3 is 2.50 bits per heavy atom. The molecule has 1 saturated carbocycles. The Morgan fingerprint density at radius 1 is 1.23 bits per heavy atom. The van der Waals surface area contributed by atoms with Crippen molar-refractivity contribution >= 4 is 0 Å². The van der Waals surface area contributed by atoms with Gasteiger partial charge in [-0.3, -0.25) is 0 Å². The van der Waals surface area contributed by atoms with E-state index in [4.69, 9.17) is 4.74 Å². The topological polar surface area (TPSA) is 9.23 Å². The molecule has 1 aromatic rings. The normalized spacial score (nSPS) is 22.4. The third-order valence-electron chi connectivity index (χ3n) is 4.36. The fourth-order valence-electron chi connectivity index (χ4n) is 3.31. The summed E-state index contributed by atoms with van der Waals surface area (Å²) < 4.78 is 43.3. The number of allylic oxidation sites excluding steroid dienone is 1. The Hall–Kier alpha value is -1.45. The van der Waals surface area contributed by atoms with E-state index in [0.29, 0.717) is 18.4 Å². The molecule has 1 nitrogen and oxygen atoms in total. The van der Waals surface area contributed by atoms with Gasteiger partial charge < -0.3 is 4.74 Å². The summed E-state index contributed by atoms with van der Waals surface area (Å²) in [6.45, 7) is 6.50. The van der Waals surface area contributed by atoms with Crippen molar-refractivity contribution in [2.24, 2.45) is 5.92 Å². The Kier molecular flexibility index (Phi) is 5.54. The number of ether oxygens (including phenoxy) is 1. The number of benzene rings is 1. The quantitative estimate of drug-likeness (QED) is 0.613. The highest BCUT2D eigenvalue weighted by Crippen LogP contribution is 2.39. The van der Waals surface area contributed by atoms with Gasteiger partial charge in [0.25, 0.3) is 0 Å².